The van der Waals surface area contributed by atoms with Gasteiger partial charge in [0.2, 0.25) is 0 Å². The van der Waals surface area contributed by atoms with Crippen molar-refractivity contribution in [3.63, 3.8) is 0 Å². The second-order valence-corrected chi connectivity index (χ2v) is 5.44. The molecule has 0 aromatic carbocycles. The number of nitrogens with one attached hydrogen (secondary N) is 1. The van der Waals surface area contributed by atoms with Gasteiger partial charge in [-0.3, -0.25) is 9.88 Å². The lowest BCUT2D eigenvalue weighted by Crippen LogP contribution is -2.54. The van der Waals surface area contributed by atoms with Gasteiger partial charge in [0.1, 0.15) is 0 Å². The van der Waals surface area contributed by atoms with Crippen molar-refractivity contribution in [1.29, 1.82) is 0 Å². The van der Waals surface area contributed by atoms with Gasteiger partial charge in [-0.1, -0.05) is 19.4 Å². The molecule has 1 aromatic rings. The zero-order valence-corrected chi connectivity index (χ0v) is 11.8. The highest BCUT2D eigenvalue weighted by atomic mass is 15.2. The lowest BCUT2D eigenvalue weighted by molar-refractivity contribution is 0.128. The quantitative estimate of drug-likeness (QED) is 0.885. The van der Waals surface area contributed by atoms with Crippen molar-refractivity contribution in [2.24, 2.45) is 0 Å². The first kappa shape index (κ1) is 13.5. The Labute approximate surface area is 111 Å². The van der Waals surface area contributed by atoms with Crippen LogP contribution in [0.2, 0.25) is 0 Å². The Morgan fingerprint density at radius 1 is 1.44 bits per heavy atom. The van der Waals surface area contributed by atoms with Gasteiger partial charge in [0.05, 0.1) is 5.69 Å². The summed E-state index contributed by atoms with van der Waals surface area (Å²) in [5.41, 5.74) is 2.30. The van der Waals surface area contributed by atoms with E-state index in [1.54, 1.807) is 0 Å². The van der Waals surface area contributed by atoms with Gasteiger partial charge in [-0.2, -0.15) is 0 Å². The molecule has 2 heterocycles. The maximum Gasteiger partial charge on any atom is 0.0547 e. The lowest BCUT2D eigenvalue weighted by Gasteiger charge is -2.38. The standard InChI is InChI=1S/C15H25N3/c1-4-6-14-10-18(13(3)9-16-14)11-15-8-5-7-12(2)17-15/h5,7-8,13-14,16H,4,6,9-11H2,1-3H3. The topological polar surface area (TPSA) is 28.2 Å². The van der Waals surface area contributed by atoms with Gasteiger partial charge in [0.15, 0.2) is 0 Å². The summed E-state index contributed by atoms with van der Waals surface area (Å²) in [7, 11) is 0. The van der Waals surface area contributed by atoms with Crippen molar-refractivity contribution in [3.05, 3.63) is 29.6 Å². The summed E-state index contributed by atoms with van der Waals surface area (Å²) in [6, 6.07) is 7.55. The van der Waals surface area contributed by atoms with E-state index in [9.17, 15) is 0 Å². The minimum atomic E-state index is 0.598. The highest BCUT2D eigenvalue weighted by molar-refractivity contribution is 5.10. The number of pyridine rings is 1. The molecule has 1 N–H and O–H groups in total. The normalized spacial score (nSPS) is 25.3. The monoisotopic (exact) mass is 247 g/mol. The molecule has 1 aliphatic heterocycles. The van der Waals surface area contributed by atoms with E-state index >= 15 is 0 Å². The van der Waals surface area contributed by atoms with Crippen LogP contribution in [0.15, 0.2) is 18.2 Å². The van der Waals surface area contributed by atoms with Crippen molar-refractivity contribution in [2.75, 3.05) is 13.1 Å². The molecule has 1 fully saturated rings. The molecule has 1 saturated heterocycles. The molecule has 2 unspecified atom stereocenters. The summed E-state index contributed by atoms with van der Waals surface area (Å²) in [5, 5.41) is 3.63. The predicted octanol–water partition coefficient (Wildman–Crippen LogP) is 2.35. The van der Waals surface area contributed by atoms with Gasteiger partial charge in [0, 0.05) is 37.4 Å². The predicted molar refractivity (Wildman–Crippen MR) is 75.5 cm³/mol. The zero-order valence-electron chi connectivity index (χ0n) is 11.8. The van der Waals surface area contributed by atoms with Gasteiger partial charge < -0.3 is 5.32 Å². The molecule has 0 amide bonds. The largest absolute Gasteiger partial charge is 0.311 e. The van der Waals surface area contributed by atoms with Crippen LogP contribution in [0.3, 0.4) is 0 Å². The Morgan fingerprint density at radius 2 is 2.28 bits per heavy atom. The SMILES string of the molecule is CCCC1CN(Cc2cccc(C)n2)C(C)CN1. The Morgan fingerprint density at radius 3 is 3.00 bits per heavy atom. The van der Waals surface area contributed by atoms with Crippen LogP contribution in [-0.2, 0) is 6.54 Å². The minimum absolute atomic E-state index is 0.598. The molecule has 100 valence electrons. The van der Waals surface area contributed by atoms with E-state index in [2.05, 4.69) is 54.2 Å². The first-order chi connectivity index (χ1) is 8.69. The molecule has 0 spiro atoms. The van der Waals surface area contributed by atoms with Gasteiger partial charge in [0.25, 0.3) is 0 Å². The van der Waals surface area contributed by atoms with Crippen LogP contribution >= 0.6 is 0 Å². The Bertz CT molecular complexity index is 378. The van der Waals surface area contributed by atoms with Gasteiger partial charge in [-0.15, -0.1) is 0 Å². The fourth-order valence-corrected chi connectivity index (χ4v) is 2.65. The number of aryl methyl sites for hydroxylation is 1. The highest BCUT2D eigenvalue weighted by Gasteiger charge is 2.24. The average molecular weight is 247 g/mol. The molecule has 3 heteroatoms. The van der Waals surface area contributed by atoms with Gasteiger partial charge in [-0.05, 0) is 32.4 Å². The van der Waals surface area contributed by atoms with E-state index in [0.29, 0.717) is 12.1 Å². The number of aromatic nitrogens is 1. The first-order valence-electron chi connectivity index (χ1n) is 7.09. The molecule has 1 aliphatic rings. The third kappa shape index (κ3) is 3.53. The number of hydrogen-bond acceptors (Lipinski definition) is 3. The van der Waals surface area contributed by atoms with Crippen molar-refractivity contribution in [1.82, 2.24) is 15.2 Å². The molecule has 0 bridgehead atoms. The highest BCUT2D eigenvalue weighted by Crippen LogP contribution is 2.13. The number of piperazine rings is 1. The van der Waals surface area contributed by atoms with Gasteiger partial charge in [-0.25, -0.2) is 0 Å². The third-order valence-electron chi connectivity index (χ3n) is 3.73. The molecular formula is C15H25N3. The summed E-state index contributed by atoms with van der Waals surface area (Å²) in [4.78, 5) is 7.16. The second-order valence-electron chi connectivity index (χ2n) is 5.44. The molecule has 18 heavy (non-hydrogen) atoms. The van der Waals surface area contributed by atoms with Crippen LogP contribution in [0, 0.1) is 6.92 Å². The number of rotatable bonds is 4. The molecule has 0 aliphatic carbocycles. The van der Waals surface area contributed by atoms with Crippen LogP contribution in [-0.4, -0.2) is 35.1 Å². The van der Waals surface area contributed by atoms with Crippen LogP contribution in [0.5, 0.6) is 0 Å². The molecular weight excluding hydrogens is 222 g/mol. The fourth-order valence-electron chi connectivity index (χ4n) is 2.65. The van der Waals surface area contributed by atoms with Crippen molar-refractivity contribution < 1.29 is 0 Å². The molecule has 2 rings (SSSR count). The van der Waals surface area contributed by atoms with Crippen LogP contribution in [0.4, 0.5) is 0 Å². The Hall–Kier alpha value is -0.930. The molecule has 2 atom stereocenters. The third-order valence-corrected chi connectivity index (χ3v) is 3.73. The smallest absolute Gasteiger partial charge is 0.0547 e. The maximum atomic E-state index is 4.61. The maximum absolute atomic E-state index is 4.61. The second kappa shape index (κ2) is 6.30. The molecule has 0 saturated carbocycles. The summed E-state index contributed by atoms with van der Waals surface area (Å²) >= 11 is 0. The Kier molecular flexibility index (Phi) is 4.72. The fraction of sp³-hybridized carbons (Fsp3) is 0.667. The van der Waals surface area contributed by atoms with E-state index in [0.717, 1.165) is 25.3 Å². The first-order valence-corrected chi connectivity index (χ1v) is 7.09. The van der Waals surface area contributed by atoms with Crippen LogP contribution in [0.1, 0.15) is 38.1 Å². The van der Waals surface area contributed by atoms with Crippen molar-refractivity contribution in [3.8, 4) is 0 Å². The van der Waals surface area contributed by atoms with E-state index in [1.807, 2.05) is 0 Å². The summed E-state index contributed by atoms with van der Waals surface area (Å²) in [6.07, 6.45) is 2.52. The average Bonchev–Trinajstić information content (AvgIpc) is 2.34. The molecule has 0 radical (unpaired) electrons. The summed E-state index contributed by atoms with van der Waals surface area (Å²) in [5.74, 6) is 0. The minimum Gasteiger partial charge on any atom is -0.311 e. The molecule has 1 aromatic heterocycles. The lowest BCUT2D eigenvalue weighted by atomic mass is 10.1. The van der Waals surface area contributed by atoms with Crippen molar-refractivity contribution in [2.45, 2.75) is 52.2 Å². The zero-order chi connectivity index (χ0) is 13.0. The van der Waals surface area contributed by atoms with Crippen LogP contribution < -0.4 is 5.32 Å². The van der Waals surface area contributed by atoms with E-state index in [1.165, 1.54) is 18.5 Å². The van der Waals surface area contributed by atoms with E-state index in [4.69, 9.17) is 0 Å². The van der Waals surface area contributed by atoms with E-state index < -0.39 is 0 Å². The molecule has 3 nitrogen and oxygen atoms in total. The van der Waals surface area contributed by atoms with Crippen LogP contribution in [0.25, 0.3) is 0 Å². The number of nitrogens with zero attached hydrogens (tertiary/aromatic N) is 2. The van der Waals surface area contributed by atoms with E-state index in [-0.39, 0.29) is 0 Å². The Balaban J connectivity index is 1.98. The van der Waals surface area contributed by atoms with Crippen molar-refractivity contribution >= 4 is 0 Å². The number of hydrogen-bond donors (Lipinski definition) is 1. The van der Waals surface area contributed by atoms with Gasteiger partial charge >= 0.3 is 0 Å². The summed E-state index contributed by atoms with van der Waals surface area (Å²) < 4.78 is 0. The summed E-state index contributed by atoms with van der Waals surface area (Å²) in [6.45, 7) is 9.83.